The Labute approximate surface area is 135 Å². The zero-order valence-corrected chi connectivity index (χ0v) is 13.1. The van der Waals surface area contributed by atoms with Crippen molar-refractivity contribution < 1.29 is 9.59 Å². The van der Waals surface area contributed by atoms with Crippen molar-refractivity contribution >= 4 is 11.9 Å². The summed E-state index contributed by atoms with van der Waals surface area (Å²) in [6.45, 7) is 0. The van der Waals surface area contributed by atoms with E-state index in [0.29, 0.717) is 23.3 Å². The predicted molar refractivity (Wildman–Crippen MR) is 84.0 cm³/mol. The number of hydrogen-bond acceptors (Lipinski definition) is 3. The Balaban J connectivity index is 1.59. The van der Waals surface area contributed by atoms with Crippen LogP contribution < -0.4 is 11.2 Å². The molecule has 122 valence electrons. The van der Waals surface area contributed by atoms with E-state index in [0.717, 1.165) is 19.3 Å². The zero-order chi connectivity index (χ0) is 16.0. The summed E-state index contributed by atoms with van der Waals surface area (Å²) in [7, 11) is 0. The maximum Gasteiger partial charge on any atom is 0.334 e. The number of nitrogens with two attached hydrogens (primary N) is 1. The Kier molecular flexibility index (Phi) is 3.28. The number of urea groups is 1. The normalized spacial score (nSPS) is 34.2. The molecule has 6 heteroatoms. The van der Waals surface area contributed by atoms with Gasteiger partial charge in [-0.2, -0.15) is 0 Å². The first-order chi connectivity index (χ1) is 11.1. The molecule has 0 aliphatic heterocycles. The molecular formula is C17H22N4O2. The SMILES string of the molecule is NC(=O)N(NC(=O)c1cccnc1)C12CC3CC(CC(C3)C1)C2. The van der Waals surface area contributed by atoms with Gasteiger partial charge in [0.25, 0.3) is 5.91 Å². The third kappa shape index (κ3) is 2.46. The molecule has 4 aliphatic carbocycles. The van der Waals surface area contributed by atoms with Crippen LogP contribution in [0, 0.1) is 17.8 Å². The lowest BCUT2D eigenvalue weighted by atomic mass is 9.53. The van der Waals surface area contributed by atoms with Crippen LogP contribution in [0.1, 0.15) is 48.9 Å². The smallest absolute Gasteiger partial charge is 0.334 e. The van der Waals surface area contributed by atoms with E-state index in [1.54, 1.807) is 18.3 Å². The number of aromatic nitrogens is 1. The molecule has 6 nitrogen and oxygen atoms in total. The van der Waals surface area contributed by atoms with Gasteiger partial charge in [-0.3, -0.25) is 15.2 Å². The number of amides is 3. The fourth-order valence-electron chi connectivity index (χ4n) is 5.41. The molecule has 3 N–H and O–H groups in total. The number of nitrogens with zero attached hydrogens (tertiary/aromatic N) is 2. The highest BCUT2D eigenvalue weighted by Gasteiger charge is 2.55. The predicted octanol–water partition coefficient (Wildman–Crippen LogP) is 2.08. The number of nitrogens with one attached hydrogen (secondary N) is 1. The van der Waals surface area contributed by atoms with E-state index in [2.05, 4.69) is 10.4 Å². The Bertz CT molecular complexity index is 595. The molecule has 0 aromatic carbocycles. The van der Waals surface area contributed by atoms with Gasteiger partial charge in [-0.05, 0) is 68.4 Å². The van der Waals surface area contributed by atoms with Crippen molar-refractivity contribution in [1.29, 1.82) is 0 Å². The largest absolute Gasteiger partial charge is 0.350 e. The van der Waals surface area contributed by atoms with Gasteiger partial charge in [-0.15, -0.1) is 0 Å². The molecule has 0 spiro atoms. The zero-order valence-electron chi connectivity index (χ0n) is 13.1. The average molecular weight is 314 g/mol. The van der Waals surface area contributed by atoms with Gasteiger partial charge in [-0.25, -0.2) is 9.80 Å². The quantitative estimate of drug-likeness (QED) is 0.819. The third-order valence-electron chi connectivity index (χ3n) is 5.84. The van der Waals surface area contributed by atoms with Crippen LogP contribution in [0.25, 0.3) is 0 Å². The number of primary amides is 1. The van der Waals surface area contributed by atoms with Gasteiger partial charge in [-0.1, -0.05) is 0 Å². The number of carbonyl (C=O) groups is 2. The third-order valence-corrected chi connectivity index (χ3v) is 5.84. The molecule has 23 heavy (non-hydrogen) atoms. The molecule has 0 atom stereocenters. The number of carbonyl (C=O) groups excluding carboxylic acids is 2. The Morgan fingerprint density at radius 2 is 1.78 bits per heavy atom. The van der Waals surface area contributed by atoms with E-state index in [-0.39, 0.29) is 11.4 Å². The second-order valence-corrected chi connectivity index (χ2v) is 7.50. The molecular weight excluding hydrogens is 292 g/mol. The highest BCUT2D eigenvalue weighted by atomic mass is 16.2. The van der Waals surface area contributed by atoms with Gasteiger partial charge < -0.3 is 5.73 Å². The van der Waals surface area contributed by atoms with E-state index in [4.69, 9.17) is 5.73 Å². The van der Waals surface area contributed by atoms with Crippen LogP contribution in [0.3, 0.4) is 0 Å². The van der Waals surface area contributed by atoms with Gasteiger partial charge in [0, 0.05) is 12.4 Å². The number of rotatable bonds is 2. The molecule has 4 fully saturated rings. The maximum absolute atomic E-state index is 12.5. The molecule has 4 aliphatic rings. The van der Waals surface area contributed by atoms with Crippen molar-refractivity contribution in [2.45, 2.75) is 44.1 Å². The second-order valence-electron chi connectivity index (χ2n) is 7.50. The van der Waals surface area contributed by atoms with Crippen molar-refractivity contribution in [3.8, 4) is 0 Å². The lowest BCUT2D eigenvalue weighted by Gasteiger charge is -2.59. The Hall–Kier alpha value is -2.11. The first-order valence-corrected chi connectivity index (χ1v) is 8.36. The molecule has 4 saturated carbocycles. The molecule has 1 aromatic rings. The summed E-state index contributed by atoms with van der Waals surface area (Å²) in [4.78, 5) is 28.5. The van der Waals surface area contributed by atoms with Crippen LogP contribution in [-0.2, 0) is 0 Å². The van der Waals surface area contributed by atoms with Gasteiger partial charge in [0.05, 0.1) is 11.1 Å². The van der Waals surface area contributed by atoms with Crippen LogP contribution in [0.5, 0.6) is 0 Å². The Morgan fingerprint density at radius 3 is 2.26 bits per heavy atom. The van der Waals surface area contributed by atoms with Crippen molar-refractivity contribution in [2.75, 3.05) is 0 Å². The first-order valence-electron chi connectivity index (χ1n) is 8.36. The van der Waals surface area contributed by atoms with Gasteiger partial charge >= 0.3 is 6.03 Å². The van der Waals surface area contributed by atoms with Crippen LogP contribution in [0.2, 0.25) is 0 Å². The monoisotopic (exact) mass is 314 g/mol. The minimum atomic E-state index is -0.566. The van der Waals surface area contributed by atoms with Crippen molar-refractivity contribution in [3.05, 3.63) is 30.1 Å². The number of pyridine rings is 1. The van der Waals surface area contributed by atoms with Crippen molar-refractivity contribution in [3.63, 3.8) is 0 Å². The summed E-state index contributed by atoms with van der Waals surface area (Å²) in [6, 6.07) is 2.82. The minimum absolute atomic E-state index is 0.293. The minimum Gasteiger partial charge on any atom is -0.350 e. The molecule has 3 amide bonds. The molecule has 4 bridgehead atoms. The van der Waals surface area contributed by atoms with Crippen molar-refractivity contribution in [2.24, 2.45) is 23.5 Å². The summed E-state index contributed by atoms with van der Waals surface area (Å²) in [6.07, 6.45) is 9.77. The van der Waals surface area contributed by atoms with E-state index in [1.165, 1.54) is 30.5 Å². The van der Waals surface area contributed by atoms with Crippen LogP contribution in [0.15, 0.2) is 24.5 Å². The van der Waals surface area contributed by atoms with Crippen LogP contribution in [0.4, 0.5) is 4.79 Å². The van der Waals surface area contributed by atoms with E-state index < -0.39 is 6.03 Å². The molecule has 0 saturated heterocycles. The summed E-state index contributed by atoms with van der Waals surface area (Å²) < 4.78 is 0. The van der Waals surface area contributed by atoms with E-state index in [1.807, 2.05) is 0 Å². The average Bonchev–Trinajstić information content (AvgIpc) is 2.51. The van der Waals surface area contributed by atoms with Crippen LogP contribution in [-0.4, -0.2) is 27.5 Å². The van der Waals surface area contributed by atoms with Crippen molar-refractivity contribution in [1.82, 2.24) is 15.4 Å². The molecule has 1 aromatic heterocycles. The summed E-state index contributed by atoms with van der Waals surface area (Å²) in [5, 5.41) is 1.44. The van der Waals surface area contributed by atoms with Gasteiger partial charge in [0.15, 0.2) is 0 Å². The molecule has 0 radical (unpaired) electrons. The summed E-state index contributed by atoms with van der Waals surface area (Å²) >= 11 is 0. The highest BCUT2D eigenvalue weighted by molar-refractivity contribution is 5.94. The Morgan fingerprint density at radius 1 is 1.17 bits per heavy atom. The first kappa shape index (κ1) is 14.5. The second kappa shape index (κ2) is 5.22. The van der Waals surface area contributed by atoms with Gasteiger partial charge in [0.1, 0.15) is 0 Å². The fourth-order valence-corrected chi connectivity index (χ4v) is 5.41. The maximum atomic E-state index is 12.5. The summed E-state index contributed by atoms with van der Waals surface area (Å²) in [5.41, 5.74) is 8.55. The molecule has 1 heterocycles. The number of hydrazine groups is 1. The topological polar surface area (TPSA) is 88.3 Å². The van der Waals surface area contributed by atoms with E-state index in [9.17, 15) is 9.59 Å². The highest BCUT2D eigenvalue weighted by Crippen LogP contribution is 2.57. The van der Waals surface area contributed by atoms with Crippen LogP contribution >= 0.6 is 0 Å². The number of hydrogen-bond donors (Lipinski definition) is 2. The lowest BCUT2D eigenvalue weighted by Crippen LogP contribution is -2.67. The summed E-state index contributed by atoms with van der Waals surface area (Å²) in [5.74, 6) is 1.67. The fraction of sp³-hybridized carbons (Fsp3) is 0.588. The lowest BCUT2D eigenvalue weighted by molar-refractivity contribution is -0.0818. The molecule has 5 rings (SSSR count). The van der Waals surface area contributed by atoms with E-state index >= 15 is 0 Å². The van der Waals surface area contributed by atoms with Gasteiger partial charge in [0.2, 0.25) is 0 Å². The molecule has 0 unspecified atom stereocenters. The standard InChI is InChI=1S/C17H22N4O2/c18-16(23)21(20-15(22)14-2-1-3-19-10-14)17-7-11-4-12(8-17)6-13(5-11)9-17/h1-3,10-13H,4-9H2,(H2,18,23)(H,20,22).